The second kappa shape index (κ2) is 20.9. The molecule has 2 atom stereocenters. The smallest absolute Gasteiger partial charge is 0.380 e. The van der Waals surface area contributed by atoms with Crippen LogP contribution >= 0.6 is 57.1 Å². The van der Waals surface area contributed by atoms with E-state index < -0.39 is 28.9 Å². The molecule has 0 bridgehead atoms. The highest BCUT2D eigenvalue weighted by Gasteiger charge is 2.80. The summed E-state index contributed by atoms with van der Waals surface area (Å²) in [6.07, 6.45) is 3.33. The Labute approximate surface area is 374 Å². The number of alkyl halides is 6. The van der Waals surface area contributed by atoms with Crippen LogP contribution in [-0.4, -0.2) is 103 Å². The third-order valence-corrected chi connectivity index (χ3v) is 17.4. The standard InChI is InChI=1S/C44H52F6O6S5/c1-25-20-38(57-28(25)4)41-31(24-37(61-41)35-22-27(3)33(60-35)9-11-54-17-19-56-15-13-52-7)40-39(42(45,46)44(49,50)43(40,47)48)30-23-36(58-29(30)5)34-21-26(2)32(59-34)8-10-53-16-18-55-14-12-51-6/h20-24,27,33H,8-19H2,1-7H3. The molecular weight excluding hydrogens is 899 g/mol. The van der Waals surface area contributed by atoms with Gasteiger partial charge in [0.2, 0.25) is 0 Å². The molecule has 0 fully saturated rings. The highest BCUT2D eigenvalue weighted by molar-refractivity contribution is 8.09. The molecule has 4 aromatic rings. The molecule has 61 heavy (non-hydrogen) atoms. The van der Waals surface area contributed by atoms with Crippen LogP contribution in [0.3, 0.4) is 0 Å². The van der Waals surface area contributed by atoms with E-state index in [9.17, 15) is 0 Å². The summed E-state index contributed by atoms with van der Waals surface area (Å²) in [6.45, 7) is 13.8. The third-order valence-electron chi connectivity index (χ3n) is 10.7. The molecule has 0 saturated heterocycles. The van der Waals surface area contributed by atoms with Crippen molar-refractivity contribution in [3.63, 3.8) is 0 Å². The second-order valence-electron chi connectivity index (χ2n) is 15.0. The lowest BCUT2D eigenvalue weighted by Crippen LogP contribution is -2.48. The summed E-state index contributed by atoms with van der Waals surface area (Å²) in [7, 11) is 3.20. The number of rotatable bonds is 23. The molecule has 0 N–H and O–H groups in total. The molecule has 6 rings (SSSR count). The highest BCUT2D eigenvalue weighted by Crippen LogP contribution is 2.67. The van der Waals surface area contributed by atoms with E-state index in [1.165, 1.54) is 53.1 Å². The van der Waals surface area contributed by atoms with E-state index in [4.69, 9.17) is 28.4 Å². The van der Waals surface area contributed by atoms with Gasteiger partial charge < -0.3 is 28.4 Å². The van der Waals surface area contributed by atoms with E-state index in [1.807, 2.05) is 39.0 Å². The Morgan fingerprint density at radius 1 is 0.557 bits per heavy atom. The molecule has 2 unspecified atom stereocenters. The van der Waals surface area contributed by atoms with Gasteiger partial charge in [-0.2, -0.15) is 26.3 Å². The van der Waals surface area contributed by atoms with Gasteiger partial charge in [0.05, 0.1) is 64.3 Å². The molecule has 5 heterocycles. The summed E-state index contributed by atoms with van der Waals surface area (Å²) in [5.41, 5.74) is -1.39. The van der Waals surface area contributed by atoms with E-state index in [-0.39, 0.29) is 32.0 Å². The van der Waals surface area contributed by atoms with Crippen LogP contribution < -0.4 is 0 Å². The molecule has 336 valence electrons. The predicted octanol–water partition coefficient (Wildman–Crippen LogP) is 12.7. The number of aryl methyl sites for hydroxylation is 4. The highest BCUT2D eigenvalue weighted by atomic mass is 32.2. The molecule has 0 aromatic carbocycles. The molecule has 6 nitrogen and oxygen atoms in total. The average molecular weight is 951 g/mol. The van der Waals surface area contributed by atoms with E-state index >= 15 is 26.3 Å². The molecule has 0 radical (unpaired) electrons. The fourth-order valence-electron chi connectivity index (χ4n) is 7.15. The van der Waals surface area contributed by atoms with Gasteiger partial charge in [0.25, 0.3) is 0 Å². The van der Waals surface area contributed by atoms with E-state index in [0.29, 0.717) is 93.5 Å². The first-order valence-corrected chi connectivity index (χ1v) is 24.2. The van der Waals surface area contributed by atoms with Gasteiger partial charge in [0, 0.05) is 88.3 Å². The minimum atomic E-state index is -5.68. The van der Waals surface area contributed by atoms with Gasteiger partial charge in [-0.05, 0) is 81.0 Å². The topological polar surface area (TPSA) is 55.4 Å². The lowest BCUT2D eigenvalue weighted by Gasteiger charge is -2.25. The summed E-state index contributed by atoms with van der Waals surface area (Å²) in [6, 6.07) is 6.53. The SMILES string of the molecule is COCCOCCOCCc1sc(-c2cc(C3=C(c4cc(C5=CC(C)C(CCOCCOCCOC)S5)sc4-c4cc(C)c(C)s4)C(F)(F)C(F)(F)C3(F)F)c(C)s2)cc1C. The van der Waals surface area contributed by atoms with Crippen molar-refractivity contribution in [2.45, 2.75) is 70.5 Å². The molecule has 0 saturated carbocycles. The Morgan fingerprint density at radius 2 is 1.08 bits per heavy atom. The van der Waals surface area contributed by atoms with Crippen LogP contribution in [0.15, 0.2) is 30.3 Å². The summed E-state index contributed by atoms with van der Waals surface area (Å²) in [5, 5.41) is 0.104. The van der Waals surface area contributed by atoms with Crippen molar-refractivity contribution in [1.82, 2.24) is 0 Å². The van der Waals surface area contributed by atoms with E-state index in [1.54, 1.807) is 26.0 Å². The van der Waals surface area contributed by atoms with Crippen LogP contribution in [0.5, 0.6) is 0 Å². The van der Waals surface area contributed by atoms with Crippen molar-refractivity contribution in [3.05, 3.63) is 72.1 Å². The Morgan fingerprint density at radius 3 is 1.69 bits per heavy atom. The summed E-state index contributed by atoms with van der Waals surface area (Å²) < 4.78 is 130. The average Bonchev–Trinajstić information content (AvgIpc) is 4.05. The molecule has 1 aliphatic heterocycles. The number of halogens is 6. The van der Waals surface area contributed by atoms with Gasteiger partial charge in [0.15, 0.2) is 0 Å². The Balaban J connectivity index is 1.32. The van der Waals surface area contributed by atoms with Gasteiger partial charge in [-0.15, -0.1) is 57.1 Å². The number of ether oxygens (including phenoxy) is 6. The van der Waals surface area contributed by atoms with E-state index in [0.717, 1.165) is 42.0 Å². The Bertz CT molecular complexity index is 2150. The maximum atomic E-state index is 16.5. The van der Waals surface area contributed by atoms with Gasteiger partial charge >= 0.3 is 17.8 Å². The quantitative estimate of drug-likeness (QED) is 0.0542. The van der Waals surface area contributed by atoms with Crippen molar-refractivity contribution in [2.75, 3.05) is 80.3 Å². The summed E-state index contributed by atoms with van der Waals surface area (Å²) in [5.74, 6) is -16.0. The second-order valence-corrected chi connectivity index (χ2v) is 21.0. The fourth-order valence-corrected chi connectivity index (χ4v) is 13.2. The minimum absolute atomic E-state index is 0.0878. The lowest BCUT2D eigenvalue weighted by molar-refractivity contribution is -0.254. The molecular formula is C44H52F6O6S5. The largest absolute Gasteiger partial charge is 0.382 e. The van der Waals surface area contributed by atoms with Gasteiger partial charge in [-0.25, -0.2) is 0 Å². The van der Waals surface area contributed by atoms with Crippen molar-refractivity contribution in [3.8, 4) is 19.5 Å². The summed E-state index contributed by atoms with van der Waals surface area (Å²) >= 11 is 6.63. The molecule has 0 spiro atoms. The van der Waals surface area contributed by atoms with Gasteiger partial charge in [0.1, 0.15) is 0 Å². The zero-order valence-electron chi connectivity index (χ0n) is 35.3. The van der Waals surface area contributed by atoms with Crippen molar-refractivity contribution in [2.24, 2.45) is 5.92 Å². The monoisotopic (exact) mass is 950 g/mol. The van der Waals surface area contributed by atoms with Crippen LogP contribution in [-0.2, 0) is 34.8 Å². The van der Waals surface area contributed by atoms with Crippen LogP contribution in [0.1, 0.15) is 55.1 Å². The summed E-state index contributed by atoms with van der Waals surface area (Å²) in [4.78, 5) is 5.61. The number of thioether (sulfide) groups is 1. The number of hydrogen-bond donors (Lipinski definition) is 0. The van der Waals surface area contributed by atoms with Crippen LogP contribution in [0.25, 0.3) is 35.6 Å². The number of allylic oxidation sites excluding steroid dienone is 3. The zero-order valence-corrected chi connectivity index (χ0v) is 39.4. The van der Waals surface area contributed by atoms with E-state index in [2.05, 4.69) is 6.92 Å². The van der Waals surface area contributed by atoms with Crippen LogP contribution in [0.2, 0.25) is 0 Å². The van der Waals surface area contributed by atoms with Gasteiger partial charge in [-0.1, -0.05) is 13.0 Å². The molecule has 1 aliphatic carbocycles. The lowest BCUT2D eigenvalue weighted by atomic mass is 9.94. The molecule has 17 heteroatoms. The van der Waals surface area contributed by atoms with Crippen molar-refractivity contribution < 1.29 is 54.8 Å². The minimum Gasteiger partial charge on any atom is -0.382 e. The number of methoxy groups -OCH3 is 2. The molecule has 4 aromatic heterocycles. The Hall–Kier alpha value is -2.03. The maximum Gasteiger partial charge on any atom is 0.380 e. The fraction of sp³-hybridized carbons (Fsp3) is 0.545. The number of hydrogen-bond acceptors (Lipinski definition) is 11. The number of thiophene rings is 4. The van der Waals surface area contributed by atoms with Crippen molar-refractivity contribution >= 4 is 73.2 Å². The Kier molecular flexibility index (Phi) is 16.6. The van der Waals surface area contributed by atoms with Crippen molar-refractivity contribution in [1.29, 1.82) is 0 Å². The third kappa shape index (κ3) is 10.4. The molecule has 0 amide bonds. The zero-order chi connectivity index (χ0) is 44.1. The first-order chi connectivity index (χ1) is 29.0. The molecule has 2 aliphatic rings. The van der Waals surface area contributed by atoms with Crippen LogP contribution in [0.4, 0.5) is 26.3 Å². The van der Waals surface area contributed by atoms with Gasteiger partial charge in [-0.3, -0.25) is 0 Å². The maximum absolute atomic E-state index is 16.5. The predicted molar refractivity (Wildman–Crippen MR) is 240 cm³/mol. The first kappa shape index (κ1) is 48.4. The van der Waals surface area contributed by atoms with Crippen LogP contribution in [0, 0.1) is 33.6 Å². The normalized spacial score (nSPS) is 19.5. The first-order valence-electron chi connectivity index (χ1n) is 20.0.